The zero-order valence-corrected chi connectivity index (χ0v) is 16.3. The molecule has 142 valence electrons. The molecule has 3 aromatic rings. The first-order chi connectivity index (χ1) is 12.5. The molecule has 0 unspecified atom stereocenters. The summed E-state index contributed by atoms with van der Waals surface area (Å²) in [7, 11) is -3.96. The number of sulfonamides is 1. The molecular formula is C18H21N5O3S. The molecule has 0 fully saturated rings. The first-order valence-electron chi connectivity index (χ1n) is 8.27. The Bertz CT molecular complexity index is 1140. The van der Waals surface area contributed by atoms with Gasteiger partial charge in [-0.1, -0.05) is 39.0 Å². The molecule has 2 aromatic heterocycles. The van der Waals surface area contributed by atoms with E-state index in [1.54, 1.807) is 36.5 Å². The molecule has 9 heteroatoms. The van der Waals surface area contributed by atoms with E-state index in [0.29, 0.717) is 22.3 Å². The van der Waals surface area contributed by atoms with Crippen molar-refractivity contribution in [1.29, 1.82) is 0 Å². The molecule has 1 amide bonds. The van der Waals surface area contributed by atoms with E-state index in [1.807, 2.05) is 20.8 Å². The van der Waals surface area contributed by atoms with Crippen molar-refractivity contribution in [2.24, 2.45) is 5.14 Å². The minimum atomic E-state index is -3.96. The Kier molecular flexibility index (Phi) is 4.52. The summed E-state index contributed by atoms with van der Waals surface area (Å²) in [5.74, 6) is -0.102. The number of benzene rings is 1. The monoisotopic (exact) mass is 387 g/mol. The van der Waals surface area contributed by atoms with Crippen LogP contribution in [0.4, 0.5) is 5.95 Å². The van der Waals surface area contributed by atoms with E-state index in [9.17, 15) is 13.2 Å². The maximum Gasteiger partial charge on any atom is 0.249 e. The third kappa shape index (κ3) is 3.83. The summed E-state index contributed by atoms with van der Waals surface area (Å²) >= 11 is 0. The smallest absolute Gasteiger partial charge is 0.249 e. The Morgan fingerprint density at radius 3 is 2.48 bits per heavy atom. The lowest BCUT2D eigenvalue weighted by atomic mass is 9.85. The van der Waals surface area contributed by atoms with Gasteiger partial charge in [0, 0.05) is 24.2 Å². The molecule has 0 aliphatic carbocycles. The number of pyridine rings is 1. The van der Waals surface area contributed by atoms with Crippen LogP contribution < -0.4 is 10.5 Å². The van der Waals surface area contributed by atoms with Gasteiger partial charge in [-0.3, -0.25) is 10.1 Å². The number of hydrogen-bond donors (Lipinski definition) is 2. The van der Waals surface area contributed by atoms with Crippen LogP contribution in [0, 0.1) is 0 Å². The highest BCUT2D eigenvalue weighted by atomic mass is 32.2. The molecule has 0 bridgehead atoms. The molecule has 0 aliphatic rings. The fraction of sp³-hybridized carbons (Fsp3) is 0.278. The van der Waals surface area contributed by atoms with E-state index in [4.69, 9.17) is 5.14 Å². The highest BCUT2D eigenvalue weighted by Gasteiger charge is 2.27. The maximum absolute atomic E-state index is 12.4. The van der Waals surface area contributed by atoms with Gasteiger partial charge in [0.25, 0.3) is 0 Å². The molecule has 0 spiro atoms. The molecule has 3 N–H and O–H groups in total. The minimum Gasteiger partial charge on any atom is -0.293 e. The van der Waals surface area contributed by atoms with E-state index < -0.39 is 15.4 Å². The van der Waals surface area contributed by atoms with Crippen molar-refractivity contribution >= 4 is 27.5 Å². The third-order valence-corrected chi connectivity index (χ3v) is 5.05. The minimum absolute atomic E-state index is 0.0963. The maximum atomic E-state index is 12.4. The van der Waals surface area contributed by atoms with Gasteiger partial charge in [0.05, 0.1) is 4.90 Å². The van der Waals surface area contributed by atoms with Crippen molar-refractivity contribution in [2.45, 2.75) is 38.0 Å². The van der Waals surface area contributed by atoms with Crippen LogP contribution in [0.1, 0.15) is 33.3 Å². The Labute approximate surface area is 157 Å². The summed E-state index contributed by atoms with van der Waals surface area (Å²) in [5.41, 5.74) is 1.86. The second-order valence-electron chi connectivity index (χ2n) is 7.31. The molecule has 2 heterocycles. The average Bonchev–Trinajstić information content (AvgIpc) is 2.92. The van der Waals surface area contributed by atoms with Gasteiger partial charge in [0.2, 0.25) is 21.9 Å². The molecule has 0 aliphatic heterocycles. The van der Waals surface area contributed by atoms with Gasteiger partial charge in [-0.05, 0) is 23.1 Å². The molecule has 1 aromatic carbocycles. The lowest BCUT2D eigenvalue weighted by molar-refractivity contribution is -0.114. The number of carbonyl (C=O) groups excluding carboxylic acids is 1. The summed E-state index contributed by atoms with van der Waals surface area (Å²) in [6.45, 7) is 7.16. The van der Waals surface area contributed by atoms with Crippen LogP contribution in [0.15, 0.2) is 41.4 Å². The molecule has 27 heavy (non-hydrogen) atoms. The Morgan fingerprint density at radius 1 is 1.19 bits per heavy atom. The van der Waals surface area contributed by atoms with Gasteiger partial charge < -0.3 is 0 Å². The zero-order chi connectivity index (χ0) is 20.0. The number of nitrogens with one attached hydrogen (secondary N) is 1. The molecule has 0 radical (unpaired) electrons. The first-order valence-corrected chi connectivity index (χ1v) is 9.82. The van der Waals surface area contributed by atoms with E-state index in [2.05, 4.69) is 15.4 Å². The highest BCUT2D eigenvalue weighted by Crippen LogP contribution is 2.35. The van der Waals surface area contributed by atoms with Crippen LogP contribution in [0.25, 0.3) is 16.8 Å². The first kappa shape index (κ1) is 19.0. The van der Waals surface area contributed by atoms with Crippen LogP contribution in [-0.2, 0) is 20.2 Å². The summed E-state index contributed by atoms with van der Waals surface area (Å²) in [5, 5.41) is 12.3. The number of hydrogen-bond acceptors (Lipinski definition) is 5. The zero-order valence-electron chi connectivity index (χ0n) is 15.5. The van der Waals surface area contributed by atoms with Crippen molar-refractivity contribution in [3.05, 3.63) is 42.1 Å². The topological polar surface area (TPSA) is 119 Å². The number of fused-ring (bicyclic) bond motifs is 1. The van der Waals surface area contributed by atoms with Gasteiger partial charge in [-0.2, -0.15) is 4.98 Å². The van der Waals surface area contributed by atoms with Gasteiger partial charge in [0.15, 0.2) is 5.65 Å². The SMILES string of the molecule is CC(=O)Nc1nc2ccc(-c3cccc(C(C)(C)C)c3S(N)(=O)=O)cn2n1. The van der Waals surface area contributed by atoms with Gasteiger partial charge in [-0.15, -0.1) is 5.10 Å². The van der Waals surface area contributed by atoms with Crippen LogP contribution in [0.3, 0.4) is 0 Å². The second-order valence-corrected chi connectivity index (χ2v) is 8.81. The van der Waals surface area contributed by atoms with Gasteiger partial charge >= 0.3 is 0 Å². The van der Waals surface area contributed by atoms with E-state index >= 15 is 0 Å². The number of rotatable bonds is 3. The Balaban J connectivity index is 2.23. The highest BCUT2D eigenvalue weighted by molar-refractivity contribution is 7.89. The molecule has 3 rings (SSSR count). The van der Waals surface area contributed by atoms with Crippen LogP contribution in [0.2, 0.25) is 0 Å². The third-order valence-electron chi connectivity index (χ3n) is 4.04. The molecule has 0 saturated heterocycles. The number of carbonyl (C=O) groups is 1. The molecule has 0 saturated carbocycles. The number of amides is 1. The summed E-state index contributed by atoms with van der Waals surface area (Å²) < 4.78 is 26.2. The predicted octanol–water partition coefficient (Wildman–Crippen LogP) is 2.30. The van der Waals surface area contributed by atoms with Crippen LogP contribution in [-0.4, -0.2) is 28.9 Å². The fourth-order valence-electron chi connectivity index (χ4n) is 2.91. The number of anilines is 1. The standard InChI is InChI=1S/C18H21N5O3S/c1-11(24)20-17-21-15-9-8-12(10-23(15)22-17)13-6-5-7-14(18(2,3)4)16(13)27(19,25)26/h5-10H,1-4H3,(H2,19,25,26)(H,20,22,24). The summed E-state index contributed by atoms with van der Waals surface area (Å²) in [6, 6.07) is 8.73. The number of primary sulfonamides is 1. The van der Waals surface area contributed by atoms with E-state index in [0.717, 1.165) is 0 Å². The van der Waals surface area contributed by atoms with Crippen molar-refractivity contribution in [2.75, 3.05) is 5.32 Å². The molecular weight excluding hydrogens is 366 g/mol. The predicted molar refractivity (Wildman–Crippen MR) is 103 cm³/mol. The van der Waals surface area contributed by atoms with Crippen molar-refractivity contribution in [1.82, 2.24) is 14.6 Å². The number of nitrogens with zero attached hydrogens (tertiary/aromatic N) is 3. The lowest BCUT2D eigenvalue weighted by Gasteiger charge is -2.24. The summed E-state index contributed by atoms with van der Waals surface area (Å²) in [4.78, 5) is 15.5. The molecule has 0 atom stereocenters. The van der Waals surface area contributed by atoms with Crippen LogP contribution >= 0.6 is 0 Å². The van der Waals surface area contributed by atoms with E-state index in [-0.39, 0.29) is 16.8 Å². The van der Waals surface area contributed by atoms with Crippen molar-refractivity contribution < 1.29 is 13.2 Å². The normalized spacial score (nSPS) is 12.3. The average molecular weight is 387 g/mol. The van der Waals surface area contributed by atoms with Crippen LogP contribution in [0.5, 0.6) is 0 Å². The molecule has 8 nitrogen and oxygen atoms in total. The van der Waals surface area contributed by atoms with Crippen molar-refractivity contribution in [3.63, 3.8) is 0 Å². The Hall–Kier alpha value is -2.78. The number of aromatic nitrogens is 3. The van der Waals surface area contributed by atoms with Gasteiger partial charge in [-0.25, -0.2) is 18.1 Å². The fourth-order valence-corrected chi connectivity index (χ4v) is 4.09. The number of nitrogens with two attached hydrogens (primary N) is 1. The lowest BCUT2D eigenvalue weighted by Crippen LogP contribution is -2.22. The second kappa shape index (κ2) is 6.43. The van der Waals surface area contributed by atoms with Gasteiger partial charge in [0.1, 0.15) is 0 Å². The Morgan fingerprint density at radius 2 is 1.89 bits per heavy atom. The van der Waals surface area contributed by atoms with E-state index in [1.165, 1.54) is 11.4 Å². The largest absolute Gasteiger partial charge is 0.293 e. The summed E-state index contributed by atoms with van der Waals surface area (Å²) in [6.07, 6.45) is 1.66. The van der Waals surface area contributed by atoms with Crippen molar-refractivity contribution in [3.8, 4) is 11.1 Å². The quantitative estimate of drug-likeness (QED) is 0.714.